The summed E-state index contributed by atoms with van der Waals surface area (Å²) in [6, 6.07) is 1.70. The second kappa shape index (κ2) is 4.63. The van der Waals surface area contributed by atoms with Gasteiger partial charge in [-0.3, -0.25) is 9.48 Å². The van der Waals surface area contributed by atoms with Gasteiger partial charge in [0.05, 0.1) is 0 Å². The SMILES string of the molecule is Nc1ccn(CC(=O)NCC2CC3CCC2C3)n1. The number of aromatic nitrogens is 2. The molecule has 3 rings (SSSR count). The molecule has 0 aliphatic heterocycles. The summed E-state index contributed by atoms with van der Waals surface area (Å²) in [6.45, 7) is 1.09. The Bertz CT molecular complexity index is 442. The van der Waals surface area contributed by atoms with Gasteiger partial charge in [-0.15, -0.1) is 0 Å². The first-order valence-electron chi connectivity index (χ1n) is 6.76. The van der Waals surface area contributed by atoms with Gasteiger partial charge >= 0.3 is 0 Å². The van der Waals surface area contributed by atoms with Crippen molar-refractivity contribution >= 4 is 11.7 Å². The number of hydrogen-bond donors (Lipinski definition) is 2. The Morgan fingerprint density at radius 1 is 1.50 bits per heavy atom. The molecule has 2 bridgehead atoms. The lowest BCUT2D eigenvalue weighted by atomic mass is 9.89. The number of anilines is 1. The largest absolute Gasteiger partial charge is 0.382 e. The fraction of sp³-hybridized carbons (Fsp3) is 0.692. The zero-order valence-electron chi connectivity index (χ0n) is 10.5. The van der Waals surface area contributed by atoms with Gasteiger partial charge in [-0.05, 0) is 43.1 Å². The van der Waals surface area contributed by atoms with E-state index in [1.165, 1.54) is 25.7 Å². The molecule has 2 fully saturated rings. The van der Waals surface area contributed by atoms with Gasteiger partial charge in [0, 0.05) is 12.7 Å². The number of nitrogens with one attached hydrogen (secondary N) is 1. The van der Waals surface area contributed by atoms with E-state index >= 15 is 0 Å². The summed E-state index contributed by atoms with van der Waals surface area (Å²) in [7, 11) is 0. The minimum absolute atomic E-state index is 0.0286. The fourth-order valence-electron chi connectivity index (χ4n) is 3.54. The van der Waals surface area contributed by atoms with Crippen molar-refractivity contribution in [1.82, 2.24) is 15.1 Å². The number of carbonyl (C=O) groups excluding carboxylic acids is 1. The van der Waals surface area contributed by atoms with Crippen molar-refractivity contribution in [3.8, 4) is 0 Å². The van der Waals surface area contributed by atoms with Gasteiger partial charge in [-0.25, -0.2) is 0 Å². The molecule has 98 valence electrons. The van der Waals surface area contributed by atoms with E-state index in [4.69, 9.17) is 5.73 Å². The van der Waals surface area contributed by atoms with Crippen LogP contribution in [0, 0.1) is 17.8 Å². The highest BCUT2D eigenvalue weighted by Crippen LogP contribution is 2.47. The van der Waals surface area contributed by atoms with Crippen LogP contribution in [0.15, 0.2) is 12.3 Å². The number of carbonyl (C=O) groups is 1. The lowest BCUT2D eigenvalue weighted by molar-refractivity contribution is -0.122. The molecule has 0 aromatic carbocycles. The Morgan fingerprint density at radius 2 is 2.39 bits per heavy atom. The molecule has 0 saturated heterocycles. The maximum atomic E-state index is 11.8. The minimum atomic E-state index is 0.0286. The van der Waals surface area contributed by atoms with E-state index in [1.807, 2.05) is 0 Å². The molecule has 3 atom stereocenters. The van der Waals surface area contributed by atoms with Crippen LogP contribution in [-0.2, 0) is 11.3 Å². The molecule has 0 spiro atoms. The third kappa shape index (κ3) is 2.35. The summed E-state index contributed by atoms with van der Waals surface area (Å²) in [5.74, 6) is 2.98. The van der Waals surface area contributed by atoms with E-state index in [-0.39, 0.29) is 12.5 Å². The topological polar surface area (TPSA) is 72.9 Å². The highest BCUT2D eigenvalue weighted by atomic mass is 16.2. The van der Waals surface area contributed by atoms with Crippen molar-refractivity contribution in [2.75, 3.05) is 12.3 Å². The third-order valence-electron chi connectivity index (χ3n) is 4.41. The number of fused-ring (bicyclic) bond motifs is 2. The molecule has 2 aliphatic rings. The monoisotopic (exact) mass is 248 g/mol. The molecule has 5 nitrogen and oxygen atoms in total. The van der Waals surface area contributed by atoms with Crippen LogP contribution in [0.25, 0.3) is 0 Å². The van der Waals surface area contributed by atoms with Gasteiger partial charge in [0.1, 0.15) is 12.4 Å². The van der Waals surface area contributed by atoms with Gasteiger partial charge in [-0.2, -0.15) is 5.10 Å². The van der Waals surface area contributed by atoms with Crippen LogP contribution in [0.1, 0.15) is 25.7 Å². The van der Waals surface area contributed by atoms with E-state index in [1.54, 1.807) is 16.9 Å². The van der Waals surface area contributed by atoms with Crippen molar-refractivity contribution in [3.63, 3.8) is 0 Å². The van der Waals surface area contributed by atoms with E-state index < -0.39 is 0 Å². The van der Waals surface area contributed by atoms with Crippen LogP contribution in [0.4, 0.5) is 5.82 Å². The first-order valence-corrected chi connectivity index (χ1v) is 6.76. The molecule has 18 heavy (non-hydrogen) atoms. The molecule has 5 heteroatoms. The van der Waals surface area contributed by atoms with Gasteiger partial charge in [0.2, 0.25) is 5.91 Å². The Kier molecular flexibility index (Phi) is 2.97. The highest BCUT2D eigenvalue weighted by molar-refractivity contribution is 5.75. The molecule has 1 aromatic heterocycles. The molecule has 2 saturated carbocycles. The van der Waals surface area contributed by atoms with Gasteiger partial charge in [0.15, 0.2) is 0 Å². The van der Waals surface area contributed by atoms with Crippen LogP contribution in [0.5, 0.6) is 0 Å². The maximum Gasteiger partial charge on any atom is 0.241 e. The summed E-state index contributed by atoms with van der Waals surface area (Å²) in [5, 5.41) is 7.03. The molecule has 2 aliphatic carbocycles. The second-order valence-electron chi connectivity index (χ2n) is 5.68. The highest BCUT2D eigenvalue weighted by Gasteiger charge is 2.39. The first kappa shape index (κ1) is 11.6. The standard InChI is InChI=1S/C13H20N4O/c14-12-3-4-17(16-12)8-13(18)15-7-11-6-9-1-2-10(11)5-9/h3-4,9-11H,1-2,5-8H2,(H2,14,16)(H,15,18). The van der Waals surface area contributed by atoms with Crippen LogP contribution in [0.2, 0.25) is 0 Å². The number of nitrogens with zero attached hydrogens (tertiary/aromatic N) is 2. The number of rotatable bonds is 4. The van der Waals surface area contributed by atoms with Crippen LogP contribution >= 0.6 is 0 Å². The summed E-state index contributed by atoms with van der Waals surface area (Å²) >= 11 is 0. The quantitative estimate of drug-likeness (QED) is 0.835. The predicted octanol–water partition coefficient (Wildman–Crippen LogP) is 1.02. The Balaban J connectivity index is 1.44. The van der Waals surface area contributed by atoms with Crippen LogP contribution in [0.3, 0.4) is 0 Å². The molecular weight excluding hydrogens is 228 g/mol. The van der Waals surface area contributed by atoms with Gasteiger partial charge in [0.25, 0.3) is 0 Å². The van der Waals surface area contributed by atoms with Crippen LogP contribution in [-0.4, -0.2) is 22.2 Å². The Labute approximate surface area is 107 Å². The number of amides is 1. The number of nitrogen functional groups attached to an aromatic ring is 1. The van der Waals surface area contributed by atoms with Gasteiger partial charge < -0.3 is 11.1 Å². The number of nitrogens with two attached hydrogens (primary N) is 1. The normalized spacial score (nSPS) is 29.7. The average Bonchev–Trinajstić information content (AvgIpc) is 3.03. The average molecular weight is 248 g/mol. The molecule has 3 N–H and O–H groups in total. The van der Waals surface area contributed by atoms with Crippen LogP contribution < -0.4 is 11.1 Å². The van der Waals surface area contributed by atoms with E-state index in [0.717, 1.165) is 18.4 Å². The smallest absolute Gasteiger partial charge is 0.241 e. The van der Waals surface area contributed by atoms with Crippen molar-refractivity contribution in [2.45, 2.75) is 32.2 Å². The summed E-state index contributed by atoms with van der Waals surface area (Å²) in [4.78, 5) is 11.8. The predicted molar refractivity (Wildman–Crippen MR) is 68.6 cm³/mol. The first-order chi connectivity index (χ1) is 8.70. The molecule has 3 unspecified atom stereocenters. The van der Waals surface area contributed by atoms with Crippen molar-refractivity contribution < 1.29 is 4.79 Å². The molecule has 1 aromatic rings. The van der Waals surface area contributed by atoms with Crippen molar-refractivity contribution in [2.24, 2.45) is 17.8 Å². The Morgan fingerprint density at radius 3 is 3.00 bits per heavy atom. The molecule has 1 amide bonds. The maximum absolute atomic E-state index is 11.8. The zero-order chi connectivity index (χ0) is 12.5. The summed E-state index contributed by atoms with van der Waals surface area (Å²) in [6.07, 6.45) is 7.19. The molecule has 1 heterocycles. The number of hydrogen-bond acceptors (Lipinski definition) is 3. The van der Waals surface area contributed by atoms with E-state index in [0.29, 0.717) is 11.7 Å². The second-order valence-corrected chi connectivity index (χ2v) is 5.68. The van der Waals surface area contributed by atoms with Gasteiger partial charge in [-0.1, -0.05) is 6.42 Å². The van der Waals surface area contributed by atoms with E-state index in [2.05, 4.69) is 10.4 Å². The van der Waals surface area contributed by atoms with Crippen molar-refractivity contribution in [1.29, 1.82) is 0 Å². The Hall–Kier alpha value is -1.52. The lowest BCUT2D eigenvalue weighted by Crippen LogP contribution is -2.34. The summed E-state index contributed by atoms with van der Waals surface area (Å²) < 4.78 is 1.57. The lowest BCUT2D eigenvalue weighted by Gasteiger charge is -2.21. The molecular formula is C13H20N4O. The zero-order valence-corrected chi connectivity index (χ0v) is 10.5. The third-order valence-corrected chi connectivity index (χ3v) is 4.41. The van der Waals surface area contributed by atoms with Crippen molar-refractivity contribution in [3.05, 3.63) is 12.3 Å². The minimum Gasteiger partial charge on any atom is -0.382 e. The van der Waals surface area contributed by atoms with E-state index in [9.17, 15) is 4.79 Å². The summed E-state index contributed by atoms with van der Waals surface area (Å²) in [5.41, 5.74) is 5.51. The fourth-order valence-corrected chi connectivity index (χ4v) is 3.54. The molecule has 0 radical (unpaired) electrons.